The highest BCUT2D eigenvalue weighted by Crippen LogP contribution is 2.23. The van der Waals surface area contributed by atoms with Crippen LogP contribution in [0.3, 0.4) is 0 Å². The van der Waals surface area contributed by atoms with Crippen molar-refractivity contribution in [3.05, 3.63) is 36.0 Å². The van der Waals surface area contributed by atoms with Crippen molar-refractivity contribution in [1.29, 1.82) is 0 Å². The second kappa shape index (κ2) is 8.22. The van der Waals surface area contributed by atoms with Gasteiger partial charge in [0.15, 0.2) is 0 Å². The van der Waals surface area contributed by atoms with Crippen LogP contribution in [-0.2, 0) is 4.79 Å². The molecule has 0 unspecified atom stereocenters. The van der Waals surface area contributed by atoms with Crippen LogP contribution in [-0.4, -0.2) is 40.7 Å². The number of nitrogens with one attached hydrogen (secondary N) is 2. The van der Waals surface area contributed by atoms with E-state index in [1.807, 2.05) is 24.3 Å². The number of carbonyl (C=O) groups excluding carboxylic acids is 1. The summed E-state index contributed by atoms with van der Waals surface area (Å²) in [5, 5.41) is 11.1. The van der Waals surface area contributed by atoms with Gasteiger partial charge < -0.3 is 21.1 Å². The lowest BCUT2D eigenvalue weighted by Gasteiger charge is -2.10. The van der Waals surface area contributed by atoms with Crippen molar-refractivity contribution in [2.24, 2.45) is 11.7 Å². The van der Waals surface area contributed by atoms with E-state index in [0.29, 0.717) is 12.0 Å². The van der Waals surface area contributed by atoms with Crippen molar-refractivity contribution in [2.75, 3.05) is 6.54 Å². The third-order valence-corrected chi connectivity index (χ3v) is 4.21. The maximum atomic E-state index is 12.2. The molecule has 1 amide bonds. The minimum Gasteiger partial charge on any atom is -0.475 e. The van der Waals surface area contributed by atoms with Crippen molar-refractivity contribution < 1.29 is 27.9 Å². The second-order valence-corrected chi connectivity index (χ2v) is 6.20. The van der Waals surface area contributed by atoms with E-state index in [-0.39, 0.29) is 5.91 Å². The lowest BCUT2D eigenvalue weighted by Crippen LogP contribution is -2.29. The lowest BCUT2D eigenvalue weighted by atomic mass is 10.1. The highest BCUT2D eigenvalue weighted by Gasteiger charge is 2.38. The summed E-state index contributed by atoms with van der Waals surface area (Å²) in [7, 11) is 0. The molecule has 0 spiro atoms. The molecule has 1 aromatic heterocycles. The number of halogens is 3. The van der Waals surface area contributed by atoms with Crippen LogP contribution in [0.2, 0.25) is 0 Å². The van der Waals surface area contributed by atoms with E-state index in [9.17, 15) is 18.0 Å². The number of benzene rings is 1. The van der Waals surface area contributed by atoms with Gasteiger partial charge in [-0.05, 0) is 31.2 Å². The number of rotatable bonds is 3. The maximum absolute atomic E-state index is 12.2. The van der Waals surface area contributed by atoms with Gasteiger partial charge in [-0.1, -0.05) is 18.2 Å². The van der Waals surface area contributed by atoms with Crippen LogP contribution in [0.15, 0.2) is 30.5 Å². The molecule has 0 aliphatic heterocycles. The van der Waals surface area contributed by atoms with Crippen LogP contribution in [0.25, 0.3) is 10.9 Å². The molecule has 1 saturated carbocycles. The minimum absolute atomic E-state index is 0.00192. The van der Waals surface area contributed by atoms with Crippen molar-refractivity contribution in [3.63, 3.8) is 0 Å². The number of carboxylic acid groups (broad SMARTS) is 1. The van der Waals surface area contributed by atoms with Crippen LogP contribution < -0.4 is 11.1 Å². The number of hydrogen-bond donors (Lipinski definition) is 4. The van der Waals surface area contributed by atoms with Crippen LogP contribution in [0.5, 0.6) is 0 Å². The first kappa shape index (κ1) is 19.8. The van der Waals surface area contributed by atoms with Crippen LogP contribution in [0, 0.1) is 5.92 Å². The predicted molar refractivity (Wildman–Crippen MR) is 89.6 cm³/mol. The molecule has 142 valence electrons. The van der Waals surface area contributed by atoms with Crippen molar-refractivity contribution in [1.82, 2.24) is 10.3 Å². The number of aliphatic carboxylic acids is 1. The Morgan fingerprint density at radius 2 is 1.92 bits per heavy atom. The Bertz CT molecular complexity index is 773. The van der Waals surface area contributed by atoms with Gasteiger partial charge in [0, 0.05) is 29.7 Å². The summed E-state index contributed by atoms with van der Waals surface area (Å²) in [6.07, 6.45) is -0.0858. The first-order chi connectivity index (χ1) is 12.2. The van der Waals surface area contributed by atoms with Gasteiger partial charge in [0.05, 0.1) is 5.56 Å². The fourth-order valence-corrected chi connectivity index (χ4v) is 2.89. The largest absolute Gasteiger partial charge is 0.490 e. The zero-order valence-corrected chi connectivity index (χ0v) is 13.8. The summed E-state index contributed by atoms with van der Waals surface area (Å²) in [6, 6.07) is 8.16. The van der Waals surface area contributed by atoms with Gasteiger partial charge in [-0.2, -0.15) is 13.2 Å². The normalized spacial score (nSPS) is 19.7. The Labute approximate surface area is 147 Å². The Hall–Kier alpha value is -2.55. The number of hydrogen-bond acceptors (Lipinski definition) is 3. The second-order valence-electron chi connectivity index (χ2n) is 6.20. The molecular formula is C17H20F3N3O3. The third kappa shape index (κ3) is 5.22. The number of nitrogens with two attached hydrogens (primary N) is 1. The first-order valence-corrected chi connectivity index (χ1v) is 8.08. The van der Waals surface area contributed by atoms with Gasteiger partial charge in [-0.3, -0.25) is 4.79 Å². The molecule has 0 saturated heterocycles. The topological polar surface area (TPSA) is 108 Å². The summed E-state index contributed by atoms with van der Waals surface area (Å²) < 4.78 is 31.7. The molecule has 0 radical (unpaired) electrons. The molecule has 1 fully saturated rings. The molecule has 1 aliphatic carbocycles. The summed E-state index contributed by atoms with van der Waals surface area (Å²) >= 11 is 0. The quantitative estimate of drug-likeness (QED) is 0.665. The molecule has 1 heterocycles. The van der Waals surface area contributed by atoms with Crippen molar-refractivity contribution >= 4 is 22.8 Å². The number of aromatic amines is 1. The molecule has 2 atom stereocenters. The maximum Gasteiger partial charge on any atom is 0.490 e. The van der Waals surface area contributed by atoms with Gasteiger partial charge in [0.2, 0.25) is 0 Å². The standard InChI is InChI=1S/C15H19N3O.C2HF3O2/c16-11-6-5-10(7-11)8-18-15(19)13-9-17-14-4-2-1-3-12(13)14;3-2(4,5)1(6)7/h1-4,9-11,17H,5-8,16H2,(H,18,19);(H,6,7)/t10-,11+;/m0./s1. The number of amides is 1. The number of aromatic nitrogens is 1. The van der Waals surface area contributed by atoms with Gasteiger partial charge in [0.25, 0.3) is 5.91 Å². The number of alkyl halides is 3. The molecular weight excluding hydrogens is 351 g/mol. The Balaban J connectivity index is 0.000000298. The number of fused-ring (bicyclic) bond motifs is 1. The minimum atomic E-state index is -5.08. The Kier molecular flexibility index (Phi) is 6.25. The highest BCUT2D eigenvalue weighted by molar-refractivity contribution is 6.06. The number of carbonyl (C=O) groups is 2. The molecule has 26 heavy (non-hydrogen) atoms. The van der Waals surface area contributed by atoms with E-state index < -0.39 is 12.1 Å². The molecule has 9 heteroatoms. The van der Waals surface area contributed by atoms with Crippen LogP contribution in [0.1, 0.15) is 29.6 Å². The SMILES string of the molecule is N[C@@H]1CC[C@H](CNC(=O)c2c[nH]c3ccccc23)C1.O=C(O)C(F)(F)F. The Morgan fingerprint density at radius 3 is 2.50 bits per heavy atom. The van der Waals surface area contributed by atoms with Gasteiger partial charge in [-0.15, -0.1) is 0 Å². The predicted octanol–water partition coefficient (Wildman–Crippen LogP) is 2.66. The highest BCUT2D eigenvalue weighted by atomic mass is 19.4. The van der Waals surface area contributed by atoms with Gasteiger partial charge in [-0.25, -0.2) is 4.79 Å². The number of carboxylic acids is 1. The Morgan fingerprint density at radius 1 is 1.27 bits per heavy atom. The van der Waals surface area contributed by atoms with Crippen molar-refractivity contribution in [3.8, 4) is 0 Å². The average molecular weight is 371 g/mol. The zero-order valence-electron chi connectivity index (χ0n) is 13.8. The lowest BCUT2D eigenvalue weighted by molar-refractivity contribution is -0.192. The van der Waals surface area contributed by atoms with E-state index in [1.54, 1.807) is 6.20 Å². The fraction of sp³-hybridized carbons (Fsp3) is 0.412. The van der Waals surface area contributed by atoms with E-state index in [1.165, 1.54) is 0 Å². The summed E-state index contributed by atoms with van der Waals surface area (Å²) in [5.41, 5.74) is 7.60. The number of para-hydroxylation sites is 1. The summed E-state index contributed by atoms with van der Waals surface area (Å²) in [6.45, 7) is 0.728. The van der Waals surface area contributed by atoms with Gasteiger partial charge in [0.1, 0.15) is 0 Å². The van der Waals surface area contributed by atoms with E-state index >= 15 is 0 Å². The first-order valence-electron chi connectivity index (χ1n) is 8.08. The average Bonchev–Trinajstić information content (AvgIpc) is 3.18. The summed E-state index contributed by atoms with van der Waals surface area (Å²) in [4.78, 5) is 24.2. The molecule has 1 aromatic carbocycles. The zero-order chi connectivity index (χ0) is 19.3. The van der Waals surface area contributed by atoms with Crippen molar-refractivity contribution in [2.45, 2.75) is 31.5 Å². The molecule has 2 aromatic rings. The smallest absolute Gasteiger partial charge is 0.475 e. The fourth-order valence-electron chi connectivity index (χ4n) is 2.89. The molecule has 6 nitrogen and oxygen atoms in total. The van der Waals surface area contributed by atoms with Crippen LogP contribution >= 0.6 is 0 Å². The number of H-pyrrole nitrogens is 1. The molecule has 0 bridgehead atoms. The van der Waals surface area contributed by atoms with E-state index in [2.05, 4.69) is 10.3 Å². The molecule has 5 N–H and O–H groups in total. The molecule has 1 aliphatic rings. The van der Waals surface area contributed by atoms with E-state index in [0.717, 1.165) is 42.3 Å². The summed E-state index contributed by atoms with van der Waals surface area (Å²) in [5.74, 6) is -2.23. The molecule has 3 rings (SSSR count). The monoisotopic (exact) mass is 371 g/mol. The van der Waals surface area contributed by atoms with Crippen LogP contribution in [0.4, 0.5) is 13.2 Å². The van der Waals surface area contributed by atoms with Gasteiger partial charge >= 0.3 is 12.1 Å². The third-order valence-electron chi connectivity index (χ3n) is 4.21. The van der Waals surface area contributed by atoms with E-state index in [4.69, 9.17) is 15.6 Å².